The Morgan fingerprint density at radius 3 is 2.34 bits per heavy atom. The van der Waals surface area contributed by atoms with Crippen molar-refractivity contribution in [3.05, 3.63) is 36.4 Å². The molecule has 2 aromatic carbocycles. The molecule has 0 radical (unpaired) electrons. The monoisotopic (exact) mass is 420 g/mol. The zero-order valence-corrected chi connectivity index (χ0v) is 16.7. The lowest BCUT2D eigenvalue weighted by molar-refractivity contribution is -0.116. The number of hydrogen-bond donors (Lipinski definition) is 1. The fourth-order valence-corrected chi connectivity index (χ4v) is 4.37. The van der Waals surface area contributed by atoms with Crippen molar-refractivity contribution >= 4 is 27.3 Å². The van der Waals surface area contributed by atoms with E-state index in [-0.39, 0.29) is 6.79 Å². The standard InChI is InChI=1S/C19H20N2O7S/c1-12(19(22)20-13-3-5-16-17(9-13)28-11-27-16)21(29(2,23)24)14-4-6-15-18(10-14)26-8-7-25-15/h3-6,9-10,12H,7-8,11H2,1-2H3,(H,20,22)/t12-/m0/s1. The van der Waals surface area contributed by atoms with Gasteiger partial charge in [0, 0.05) is 17.8 Å². The van der Waals surface area contributed by atoms with Crippen LogP contribution in [0.3, 0.4) is 0 Å². The van der Waals surface area contributed by atoms with Gasteiger partial charge in [0.05, 0.1) is 11.9 Å². The third-order valence-electron chi connectivity index (χ3n) is 4.51. The first kappa shape index (κ1) is 19.2. The van der Waals surface area contributed by atoms with Gasteiger partial charge >= 0.3 is 0 Å². The summed E-state index contributed by atoms with van der Waals surface area (Å²) in [4.78, 5) is 12.8. The predicted octanol–water partition coefficient (Wildman–Crippen LogP) is 1.98. The minimum absolute atomic E-state index is 0.120. The lowest BCUT2D eigenvalue weighted by Gasteiger charge is -2.29. The number of benzene rings is 2. The molecule has 0 bridgehead atoms. The van der Waals surface area contributed by atoms with Gasteiger partial charge in [-0.15, -0.1) is 0 Å². The van der Waals surface area contributed by atoms with E-state index in [2.05, 4.69) is 5.32 Å². The molecule has 2 heterocycles. The van der Waals surface area contributed by atoms with Crippen molar-refractivity contribution in [2.24, 2.45) is 0 Å². The highest BCUT2D eigenvalue weighted by Crippen LogP contribution is 2.36. The molecule has 1 N–H and O–H groups in total. The molecular formula is C19H20N2O7S. The zero-order chi connectivity index (χ0) is 20.6. The van der Waals surface area contributed by atoms with Crippen molar-refractivity contribution < 1.29 is 32.2 Å². The van der Waals surface area contributed by atoms with E-state index in [1.165, 1.54) is 6.92 Å². The van der Waals surface area contributed by atoms with Crippen LogP contribution in [0.25, 0.3) is 0 Å². The van der Waals surface area contributed by atoms with Crippen LogP contribution in [0.1, 0.15) is 6.92 Å². The molecule has 2 aliphatic heterocycles. The third kappa shape index (κ3) is 3.88. The van der Waals surface area contributed by atoms with E-state index in [4.69, 9.17) is 18.9 Å². The third-order valence-corrected chi connectivity index (χ3v) is 5.75. The van der Waals surface area contributed by atoms with Gasteiger partial charge < -0.3 is 24.3 Å². The molecular weight excluding hydrogens is 400 g/mol. The van der Waals surface area contributed by atoms with Gasteiger partial charge in [0.2, 0.25) is 22.7 Å². The number of ether oxygens (including phenoxy) is 4. The van der Waals surface area contributed by atoms with Crippen LogP contribution in [0.4, 0.5) is 11.4 Å². The second kappa shape index (κ2) is 7.36. The van der Waals surface area contributed by atoms with Crippen molar-refractivity contribution in [1.29, 1.82) is 0 Å². The minimum Gasteiger partial charge on any atom is -0.486 e. The lowest BCUT2D eigenvalue weighted by Crippen LogP contribution is -2.45. The summed E-state index contributed by atoms with van der Waals surface area (Å²) in [6.07, 6.45) is 1.05. The molecule has 0 aromatic heterocycles. The number of sulfonamides is 1. The largest absolute Gasteiger partial charge is 0.486 e. The second-order valence-corrected chi connectivity index (χ2v) is 8.48. The second-order valence-electron chi connectivity index (χ2n) is 6.62. The summed E-state index contributed by atoms with van der Waals surface area (Å²) in [5.74, 6) is 1.58. The topological polar surface area (TPSA) is 103 Å². The van der Waals surface area contributed by atoms with Crippen LogP contribution >= 0.6 is 0 Å². The molecule has 2 aliphatic rings. The molecule has 4 rings (SSSR count). The molecule has 9 nitrogen and oxygen atoms in total. The number of rotatable bonds is 5. The summed E-state index contributed by atoms with van der Waals surface area (Å²) in [5.41, 5.74) is 0.784. The van der Waals surface area contributed by atoms with E-state index >= 15 is 0 Å². The SMILES string of the molecule is C[C@@H](C(=O)Nc1ccc2c(c1)OCO2)N(c1ccc2c(c1)OCCO2)S(C)(=O)=O. The van der Waals surface area contributed by atoms with Crippen LogP contribution in [0, 0.1) is 0 Å². The van der Waals surface area contributed by atoms with E-state index in [0.717, 1.165) is 10.6 Å². The molecule has 29 heavy (non-hydrogen) atoms. The number of nitrogens with zero attached hydrogens (tertiary/aromatic N) is 1. The predicted molar refractivity (Wildman–Crippen MR) is 105 cm³/mol. The molecule has 0 aliphatic carbocycles. The van der Waals surface area contributed by atoms with E-state index in [0.29, 0.717) is 47.6 Å². The number of amides is 1. The number of carbonyl (C=O) groups is 1. The van der Waals surface area contributed by atoms with Gasteiger partial charge in [-0.1, -0.05) is 0 Å². The molecule has 0 unspecified atom stereocenters. The first-order chi connectivity index (χ1) is 13.8. The van der Waals surface area contributed by atoms with Crippen LogP contribution in [0.5, 0.6) is 23.0 Å². The summed E-state index contributed by atoms with van der Waals surface area (Å²) >= 11 is 0. The minimum atomic E-state index is -3.76. The number of nitrogens with one attached hydrogen (secondary N) is 1. The van der Waals surface area contributed by atoms with Crippen LogP contribution < -0.4 is 28.6 Å². The van der Waals surface area contributed by atoms with Gasteiger partial charge in [0.25, 0.3) is 0 Å². The Bertz CT molecular complexity index is 1050. The van der Waals surface area contributed by atoms with Crippen LogP contribution in [0.2, 0.25) is 0 Å². The average molecular weight is 420 g/mol. The molecule has 0 saturated carbocycles. The average Bonchev–Trinajstić information content (AvgIpc) is 3.14. The molecule has 2 aromatic rings. The highest BCUT2D eigenvalue weighted by atomic mass is 32.2. The van der Waals surface area contributed by atoms with Gasteiger partial charge in [-0.05, 0) is 31.2 Å². The Morgan fingerprint density at radius 1 is 0.966 bits per heavy atom. The van der Waals surface area contributed by atoms with Crippen LogP contribution in [0.15, 0.2) is 36.4 Å². The molecule has 0 fully saturated rings. The highest BCUT2D eigenvalue weighted by Gasteiger charge is 2.30. The van der Waals surface area contributed by atoms with Gasteiger partial charge in [-0.2, -0.15) is 0 Å². The van der Waals surface area contributed by atoms with Crippen LogP contribution in [-0.2, 0) is 14.8 Å². The van der Waals surface area contributed by atoms with Crippen molar-refractivity contribution in [2.45, 2.75) is 13.0 Å². The normalized spacial score (nSPS) is 15.5. The number of fused-ring (bicyclic) bond motifs is 2. The summed E-state index contributed by atoms with van der Waals surface area (Å²) in [5, 5.41) is 2.72. The molecule has 0 spiro atoms. The van der Waals surface area contributed by atoms with Gasteiger partial charge in [-0.25, -0.2) is 8.42 Å². The molecule has 1 amide bonds. The van der Waals surface area contributed by atoms with E-state index in [1.807, 2.05) is 0 Å². The summed E-state index contributed by atoms with van der Waals surface area (Å²) in [6, 6.07) is 8.72. The fourth-order valence-electron chi connectivity index (χ4n) is 3.20. The van der Waals surface area contributed by atoms with E-state index < -0.39 is 22.0 Å². The highest BCUT2D eigenvalue weighted by molar-refractivity contribution is 7.92. The number of anilines is 2. The summed E-state index contributed by atoms with van der Waals surface area (Å²) in [7, 11) is -3.76. The van der Waals surface area contributed by atoms with Crippen LogP contribution in [-0.4, -0.2) is 46.6 Å². The maximum atomic E-state index is 12.8. The van der Waals surface area contributed by atoms with Crippen molar-refractivity contribution in [3.8, 4) is 23.0 Å². The fraction of sp³-hybridized carbons (Fsp3) is 0.316. The van der Waals surface area contributed by atoms with Gasteiger partial charge in [-0.3, -0.25) is 9.10 Å². The maximum absolute atomic E-state index is 12.8. The Hall–Kier alpha value is -3.14. The lowest BCUT2D eigenvalue weighted by atomic mass is 10.2. The van der Waals surface area contributed by atoms with Gasteiger partial charge in [0.1, 0.15) is 19.3 Å². The Balaban J connectivity index is 1.59. The van der Waals surface area contributed by atoms with Crippen molar-refractivity contribution in [3.63, 3.8) is 0 Å². The Labute approximate surface area is 168 Å². The van der Waals surface area contributed by atoms with E-state index in [1.54, 1.807) is 36.4 Å². The van der Waals surface area contributed by atoms with E-state index in [9.17, 15) is 13.2 Å². The molecule has 154 valence electrons. The first-order valence-electron chi connectivity index (χ1n) is 8.92. The molecule has 1 atom stereocenters. The smallest absolute Gasteiger partial charge is 0.247 e. The molecule has 10 heteroatoms. The first-order valence-corrected chi connectivity index (χ1v) is 10.8. The number of carbonyl (C=O) groups excluding carboxylic acids is 1. The Morgan fingerprint density at radius 2 is 1.59 bits per heavy atom. The van der Waals surface area contributed by atoms with Crippen molar-refractivity contribution in [1.82, 2.24) is 0 Å². The quantitative estimate of drug-likeness (QED) is 0.789. The van der Waals surface area contributed by atoms with Crippen molar-refractivity contribution in [2.75, 3.05) is 35.9 Å². The summed E-state index contributed by atoms with van der Waals surface area (Å²) in [6.45, 7) is 2.43. The Kier molecular flexibility index (Phi) is 4.87. The number of hydrogen-bond acceptors (Lipinski definition) is 7. The van der Waals surface area contributed by atoms with Gasteiger partial charge in [0.15, 0.2) is 23.0 Å². The summed E-state index contributed by atoms with van der Waals surface area (Å²) < 4.78 is 47.6. The maximum Gasteiger partial charge on any atom is 0.247 e. The zero-order valence-electron chi connectivity index (χ0n) is 15.9. The molecule has 0 saturated heterocycles.